The van der Waals surface area contributed by atoms with Gasteiger partial charge in [0.1, 0.15) is 5.75 Å². The van der Waals surface area contributed by atoms with E-state index in [1.54, 1.807) is 19.1 Å². The average Bonchev–Trinajstić information content (AvgIpc) is 2.95. The summed E-state index contributed by atoms with van der Waals surface area (Å²) in [6, 6.07) is 2.01. The summed E-state index contributed by atoms with van der Waals surface area (Å²) in [5, 5.41) is 14.1. The number of hydrogen-bond donors (Lipinski definition) is 3. The summed E-state index contributed by atoms with van der Waals surface area (Å²) in [5.74, 6) is 0.138. The summed E-state index contributed by atoms with van der Waals surface area (Å²) in [5.41, 5.74) is -0.924. The monoisotopic (exact) mass is 344 g/mol. The van der Waals surface area contributed by atoms with Crippen molar-refractivity contribution in [3.63, 3.8) is 0 Å². The van der Waals surface area contributed by atoms with Gasteiger partial charge in [0.2, 0.25) is 0 Å². The molecule has 2 atom stereocenters. The van der Waals surface area contributed by atoms with Crippen LogP contribution in [0.1, 0.15) is 18.9 Å². The molecule has 0 aromatic heterocycles. The minimum atomic E-state index is -4.51. The summed E-state index contributed by atoms with van der Waals surface area (Å²) >= 11 is 0. The van der Waals surface area contributed by atoms with Crippen molar-refractivity contribution in [1.82, 2.24) is 5.32 Å². The van der Waals surface area contributed by atoms with Gasteiger partial charge in [-0.25, -0.2) is 4.79 Å². The van der Waals surface area contributed by atoms with Gasteiger partial charge >= 0.3 is 12.2 Å². The van der Waals surface area contributed by atoms with Crippen molar-refractivity contribution in [2.45, 2.75) is 25.6 Å². The fourth-order valence-electron chi connectivity index (χ4n) is 2.43. The Morgan fingerprint density at radius 3 is 2.71 bits per heavy atom. The van der Waals surface area contributed by atoms with E-state index in [0.717, 1.165) is 12.1 Å². The van der Waals surface area contributed by atoms with Crippen LogP contribution in [0.3, 0.4) is 0 Å². The lowest BCUT2D eigenvalue weighted by atomic mass is 10.1. The molecule has 0 saturated carbocycles. The fraction of sp³-hybridized carbons (Fsp3) is 0.438. The van der Waals surface area contributed by atoms with E-state index in [2.05, 4.69) is 10.6 Å². The first kappa shape index (κ1) is 18.1. The van der Waals surface area contributed by atoms with Gasteiger partial charge in [0.15, 0.2) is 0 Å². The number of alkyl halides is 3. The number of anilines is 1. The molecule has 0 aliphatic heterocycles. The van der Waals surface area contributed by atoms with Gasteiger partial charge in [0.25, 0.3) is 0 Å². The largest absolute Gasteiger partial charge is 0.492 e. The van der Waals surface area contributed by atoms with E-state index in [1.165, 1.54) is 6.07 Å². The molecule has 132 valence electrons. The zero-order chi connectivity index (χ0) is 17.7. The van der Waals surface area contributed by atoms with Crippen LogP contribution < -0.4 is 15.4 Å². The summed E-state index contributed by atoms with van der Waals surface area (Å²) in [4.78, 5) is 12.0. The number of benzene rings is 1. The zero-order valence-corrected chi connectivity index (χ0v) is 13.1. The van der Waals surface area contributed by atoms with Gasteiger partial charge < -0.3 is 20.5 Å². The van der Waals surface area contributed by atoms with Crippen molar-refractivity contribution in [2.75, 3.05) is 18.5 Å². The first-order valence-corrected chi connectivity index (χ1v) is 7.54. The number of nitrogens with one attached hydrogen (secondary N) is 2. The molecule has 5 nitrogen and oxygen atoms in total. The minimum Gasteiger partial charge on any atom is -0.492 e. The van der Waals surface area contributed by atoms with Gasteiger partial charge in [-0.1, -0.05) is 12.2 Å². The zero-order valence-electron chi connectivity index (χ0n) is 13.1. The maximum Gasteiger partial charge on any atom is 0.416 e. The number of hydrogen-bond acceptors (Lipinski definition) is 3. The predicted octanol–water partition coefficient (Wildman–Crippen LogP) is 3.16. The third-order valence-corrected chi connectivity index (χ3v) is 3.58. The molecule has 0 heterocycles. The molecule has 0 bridgehead atoms. The summed E-state index contributed by atoms with van der Waals surface area (Å²) in [7, 11) is 0. The van der Waals surface area contributed by atoms with Crippen LogP contribution in [0.2, 0.25) is 0 Å². The second kappa shape index (κ2) is 7.57. The Hall–Kier alpha value is -2.22. The molecule has 3 N–H and O–H groups in total. The highest BCUT2D eigenvalue weighted by atomic mass is 19.4. The van der Waals surface area contributed by atoms with Crippen LogP contribution in [0.4, 0.5) is 23.7 Å². The molecule has 0 fully saturated rings. The van der Waals surface area contributed by atoms with Crippen LogP contribution >= 0.6 is 0 Å². The second-order valence-corrected chi connectivity index (χ2v) is 5.41. The summed E-state index contributed by atoms with van der Waals surface area (Å²) in [6.07, 6.45) is -0.429. The van der Waals surface area contributed by atoms with Crippen LogP contribution in [0, 0.1) is 5.92 Å². The summed E-state index contributed by atoms with van der Waals surface area (Å²) < 4.78 is 43.7. The van der Waals surface area contributed by atoms with E-state index < -0.39 is 17.8 Å². The van der Waals surface area contributed by atoms with Gasteiger partial charge in [0.05, 0.1) is 17.9 Å². The molecular formula is C16H19F3N2O3. The van der Waals surface area contributed by atoms with E-state index in [4.69, 9.17) is 9.84 Å². The Bertz CT molecular complexity index is 617. The molecule has 2 amide bonds. The Kier molecular flexibility index (Phi) is 5.71. The molecule has 24 heavy (non-hydrogen) atoms. The SMILES string of the molecule is CCOc1ccc(C(F)(F)F)cc1NC(=O)N[C@@H]1C=C[C@H](CO)C1. The smallest absolute Gasteiger partial charge is 0.416 e. The van der Waals surface area contributed by atoms with Crippen LogP contribution in [-0.4, -0.2) is 30.4 Å². The highest BCUT2D eigenvalue weighted by molar-refractivity contribution is 5.91. The molecule has 0 radical (unpaired) electrons. The Morgan fingerprint density at radius 1 is 1.38 bits per heavy atom. The van der Waals surface area contributed by atoms with Crippen molar-refractivity contribution in [2.24, 2.45) is 5.92 Å². The highest BCUT2D eigenvalue weighted by Crippen LogP contribution is 2.35. The lowest BCUT2D eigenvalue weighted by Crippen LogP contribution is -2.36. The molecule has 1 aliphatic carbocycles. The Morgan fingerprint density at radius 2 is 2.12 bits per heavy atom. The number of carbonyl (C=O) groups is 1. The topological polar surface area (TPSA) is 70.6 Å². The molecule has 0 spiro atoms. The molecule has 2 rings (SSSR count). The number of amides is 2. The molecule has 8 heteroatoms. The number of carbonyl (C=O) groups excluding carboxylic acids is 1. The first-order chi connectivity index (χ1) is 11.3. The quantitative estimate of drug-likeness (QED) is 0.719. The molecule has 0 unspecified atom stereocenters. The van der Waals surface area contributed by atoms with Crippen molar-refractivity contribution < 1.29 is 27.8 Å². The van der Waals surface area contributed by atoms with Crippen LogP contribution in [0.15, 0.2) is 30.4 Å². The van der Waals surface area contributed by atoms with Crippen LogP contribution in [-0.2, 0) is 6.18 Å². The van der Waals surface area contributed by atoms with Crippen molar-refractivity contribution in [3.8, 4) is 5.75 Å². The standard InChI is InChI=1S/C16H19F3N2O3/c1-2-24-14-6-4-11(16(17,18)19)8-13(14)21-15(23)20-12-5-3-10(7-12)9-22/h3-6,8,10,12,22H,2,7,9H2,1H3,(H2,20,21,23)/t10-,12+/m0/s1. The molecular weight excluding hydrogens is 325 g/mol. The van der Waals surface area contributed by atoms with Crippen LogP contribution in [0.25, 0.3) is 0 Å². The fourth-order valence-corrected chi connectivity index (χ4v) is 2.43. The van der Waals surface area contributed by atoms with E-state index in [0.29, 0.717) is 6.42 Å². The Balaban J connectivity index is 2.09. The lowest BCUT2D eigenvalue weighted by Gasteiger charge is -2.17. The number of halogens is 3. The maximum atomic E-state index is 12.8. The van der Waals surface area contributed by atoms with Gasteiger partial charge in [-0.15, -0.1) is 0 Å². The van der Waals surface area contributed by atoms with Gasteiger partial charge in [-0.3, -0.25) is 0 Å². The third-order valence-electron chi connectivity index (χ3n) is 3.58. The number of urea groups is 1. The second-order valence-electron chi connectivity index (χ2n) is 5.41. The number of ether oxygens (including phenoxy) is 1. The summed E-state index contributed by atoms with van der Waals surface area (Å²) in [6.45, 7) is 1.93. The minimum absolute atomic E-state index is 0.0155. The maximum absolute atomic E-state index is 12.8. The van der Waals surface area contributed by atoms with E-state index in [1.807, 2.05) is 0 Å². The van der Waals surface area contributed by atoms with Gasteiger partial charge in [-0.2, -0.15) is 13.2 Å². The molecule has 1 aliphatic rings. The Labute approximate surface area is 137 Å². The highest BCUT2D eigenvalue weighted by Gasteiger charge is 2.31. The predicted molar refractivity (Wildman–Crippen MR) is 82.9 cm³/mol. The number of aliphatic hydroxyl groups excluding tert-OH is 1. The lowest BCUT2D eigenvalue weighted by molar-refractivity contribution is -0.137. The molecule has 0 saturated heterocycles. The molecule has 1 aromatic carbocycles. The van der Waals surface area contributed by atoms with E-state index in [-0.39, 0.29) is 36.6 Å². The number of aliphatic hydroxyl groups is 1. The van der Waals surface area contributed by atoms with Crippen molar-refractivity contribution >= 4 is 11.7 Å². The van der Waals surface area contributed by atoms with Gasteiger partial charge in [0, 0.05) is 18.6 Å². The van der Waals surface area contributed by atoms with Crippen LogP contribution in [0.5, 0.6) is 5.75 Å². The first-order valence-electron chi connectivity index (χ1n) is 7.54. The third kappa shape index (κ3) is 4.64. The van der Waals surface area contributed by atoms with E-state index in [9.17, 15) is 18.0 Å². The normalized spacial score (nSPS) is 20.0. The average molecular weight is 344 g/mol. The van der Waals surface area contributed by atoms with E-state index >= 15 is 0 Å². The number of rotatable bonds is 5. The van der Waals surface area contributed by atoms with Gasteiger partial charge in [-0.05, 0) is 31.5 Å². The van der Waals surface area contributed by atoms with Crippen molar-refractivity contribution in [3.05, 3.63) is 35.9 Å². The molecule has 1 aromatic rings. The van der Waals surface area contributed by atoms with Crippen molar-refractivity contribution in [1.29, 1.82) is 0 Å².